The van der Waals surface area contributed by atoms with Crippen LogP contribution in [0.3, 0.4) is 0 Å². The Balaban J connectivity index is 2.21. The summed E-state index contributed by atoms with van der Waals surface area (Å²) in [4.78, 5) is 10.8. The summed E-state index contributed by atoms with van der Waals surface area (Å²) in [5.41, 5.74) is 5.21. The number of carbonyl (C=O) groups excluding carboxylic acids is 1. The van der Waals surface area contributed by atoms with Gasteiger partial charge in [-0.15, -0.1) is 10.2 Å². The summed E-state index contributed by atoms with van der Waals surface area (Å²) in [5, 5.41) is 19.2. The van der Waals surface area contributed by atoms with E-state index in [9.17, 15) is 4.79 Å². The number of anilines is 1. The number of unbranched alkanes of at least 4 members (excludes halogenated alkanes) is 3. The molecular weight excluding hydrogens is 220 g/mol. The van der Waals surface area contributed by atoms with E-state index in [-0.39, 0.29) is 12.3 Å². The zero-order chi connectivity index (χ0) is 12.5. The Labute approximate surface area is 100 Å². The molecule has 1 aromatic rings. The molecule has 0 atom stereocenters. The third kappa shape index (κ3) is 5.26. The minimum Gasteiger partial charge on any atom is -0.396 e. The van der Waals surface area contributed by atoms with Gasteiger partial charge in [0.15, 0.2) is 5.69 Å². The first-order valence-electron chi connectivity index (χ1n) is 5.72. The Morgan fingerprint density at radius 3 is 2.59 bits per heavy atom. The highest BCUT2D eigenvalue weighted by atomic mass is 16.2. The van der Waals surface area contributed by atoms with Crippen molar-refractivity contribution in [3.05, 3.63) is 17.8 Å². The van der Waals surface area contributed by atoms with Gasteiger partial charge in [0.05, 0.1) is 0 Å². The van der Waals surface area contributed by atoms with Crippen molar-refractivity contribution in [1.82, 2.24) is 10.2 Å². The van der Waals surface area contributed by atoms with Crippen LogP contribution in [-0.2, 0) is 0 Å². The monoisotopic (exact) mass is 238 g/mol. The predicted molar refractivity (Wildman–Crippen MR) is 64.6 cm³/mol. The van der Waals surface area contributed by atoms with Gasteiger partial charge in [-0.1, -0.05) is 12.8 Å². The molecule has 0 aliphatic heterocycles. The van der Waals surface area contributed by atoms with Crippen LogP contribution in [0.15, 0.2) is 12.1 Å². The maximum atomic E-state index is 10.8. The van der Waals surface area contributed by atoms with E-state index in [0.717, 1.165) is 32.2 Å². The Morgan fingerprint density at radius 1 is 1.24 bits per heavy atom. The normalized spacial score (nSPS) is 10.2. The molecule has 17 heavy (non-hydrogen) atoms. The first kappa shape index (κ1) is 13.4. The zero-order valence-electron chi connectivity index (χ0n) is 9.72. The summed E-state index contributed by atoms with van der Waals surface area (Å²) in [6, 6.07) is 3.23. The van der Waals surface area contributed by atoms with Crippen molar-refractivity contribution in [3.63, 3.8) is 0 Å². The van der Waals surface area contributed by atoms with Crippen LogP contribution in [0.2, 0.25) is 0 Å². The molecule has 0 spiro atoms. The third-order valence-electron chi connectivity index (χ3n) is 2.31. The fourth-order valence-corrected chi connectivity index (χ4v) is 1.36. The number of aromatic nitrogens is 2. The van der Waals surface area contributed by atoms with Gasteiger partial charge in [-0.25, -0.2) is 0 Å². The second kappa shape index (κ2) is 7.56. The van der Waals surface area contributed by atoms with Gasteiger partial charge >= 0.3 is 0 Å². The van der Waals surface area contributed by atoms with Crippen molar-refractivity contribution < 1.29 is 9.90 Å². The van der Waals surface area contributed by atoms with Crippen molar-refractivity contribution in [1.29, 1.82) is 0 Å². The van der Waals surface area contributed by atoms with Gasteiger partial charge in [-0.3, -0.25) is 4.79 Å². The summed E-state index contributed by atoms with van der Waals surface area (Å²) in [6.07, 6.45) is 3.97. The Morgan fingerprint density at radius 2 is 2.00 bits per heavy atom. The van der Waals surface area contributed by atoms with Crippen LogP contribution in [0.4, 0.5) is 5.82 Å². The molecule has 1 rings (SSSR count). The minimum absolute atomic E-state index is 0.165. The summed E-state index contributed by atoms with van der Waals surface area (Å²) in [6.45, 7) is 1.06. The molecule has 1 heterocycles. The summed E-state index contributed by atoms with van der Waals surface area (Å²) in [5.74, 6) is 0.0604. The van der Waals surface area contributed by atoms with Crippen molar-refractivity contribution >= 4 is 11.7 Å². The average Bonchev–Trinajstić information content (AvgIpc) is 2.34. The number of amides is 1. The maximum Gasteiger partial charge on any atom is 0.269 e. The SMILES string of the molecule is NC(=O)c1ccc(NCCCCCCO)nn1. The molecule has 0 fully saturated rings. The van der Waals surface area contributed by atoms with Crippen molar-refractivity contribution in [2.45, 2.75) is 25.7 Å². The lowest BCUT2D eigenvalue weighted by atomic mass is 10.2. The van der Waals surface area contributed by atoms with E-state index in [2.05, 4.69) is 15.5 Å². The van der Waals surface area contributed by atoms with Crippen LogP contribution in [0.5, 0.6) is 0 Å². The standard InChI is InChI=1S/C11H18N4O2/c12-11(17)9-5-6-10(15-14-9)13-7-3-1-2-4-8-16/h5-6,16H,1-4,7-8H2,(H2,12,17)(H,13,15). The highest BCUT2D eigenvalue weighted by Crippen LogP contribution is 2.03. The Kier molecular flexibility index (Phi) is 5.95. The molecule has 0 aliphatic rings. The van der Waals surface area contributed by atoms with Crippen LogP contribution < -0.4 is 11.1 Å². The number of primary amides is 1. The second-order valence-electron chi connectivity index (χ2n) is 3.73. The summed E-state index contributed by atoms with van der Waals surface area (Å²) < 4.78 is 0. The minimum atomic E-state index is -0.576. The van der Waals surface area contributed by atoms with Gasteiger partial charge in [0, 0.05) is 13.2 Å². The fraction of sp³-hybridized carbons (Fsp3) is 0.545. The first-order chi connectivity index (χ1) is 8.24. The molecule has 4 N–H and O–H groups in total. The van der Waals surface area contributed by atoms with Gasteiger partial charge in [0.25, 0.3) is 5.91 Å². The summed E-state index contributed by atoms with van der Waals surface area (Å²) in [7, 11) is 0. The number of hydrogen-bond acceptors (Lipinski definition) is 5. The largest absolute Gasteiger partial charge is 0.396 e. The fourth-order valence-electron chi connectivity index (χ4n) is 1.36. The number of rotatable bonds is 8. The number of nitrogens with two attached hydrogens (primary N) is 1. The Hall–Kier alpha value is -1.69. The molecule has 1 aromatic heterocycles. The van der Waals surface area contributed by atoms with Gasteiger partial charge < -0.3 is 16.2 Å². The number of nitrogens with zero attached hydrogens (tertiary/aromatic N) is 2. The molecule has 0 unspecified atom stereocenters. The number of aliphatic hydroxyl groups excluding tert-OH is 1. The number of hydrogen-bond donors (Lipinski definition) is 3. The van der Waals surface area contributed by atoms with Crippen LogP contribution >= 0.6 is 0 Å². The van der Waals surface area contributed by atoms with E-state index in [4.69, 9.17) is 10.8 Å². The van der Waals surface area contributed by atoms with Gasteiger partial charge in [0.1, 0.15) is 5.82 Å². The molecule has 1 amide bonds. The topological polar surface area (TPSA) is 101 Å². The van der Waals surface area contributed by atoms with Gasteiger partial charge in [-0.05, 0) is 25.0 Å². The molecule has 94 valence electrons. The van der Waals surface area contributed by atoms with E-state index in [0.29, 0.717) is 5.82 Å². The van der Waals surface area contributed by atoms with Crippen molar-refractivity contribution in [3.8, 4) is 0 Å². The highest BCUT2D eigenvalue weighted by Gasteiger charge is 2.02. The molecule has 0 radical (unpaired) electrons. The highest BCUT2D eigenvalue weighted by molar-refractivity contribution is 5.90. The van der Waals surface area contributed by atoms with E-state index >= 15 is 0 Å². The molecule has 0 saturated carbocycles. The Bertz CT molecular complexity index is 340. The molecule has 0 saturated heterocycles. The third-order valence-corrected chi connectivity index (χ3v) is 2.31. The maximum absolute atomic E-state index is 10.8. The zero-order valence-corrected chi connectivity index (χ0v) is 9.72. The molecule has 0 aromatic carbocycles. The number of nitrogens with one attached hydrogen (secondary N) is 1. The molecule has 6 heteroatoms. The van der Waals surface area contributed by atoms with E-state index in [1.807, 2.05) is 0 Å². The van der Waals surface area contributed by atoms with Crippen LogP contribution in [0.25, 0.3) is 0 Å². The molecule has 0 bridgehead atoms. The van der Waals surface area contributed by atoms with Crippen LogP contribution in [0.1, 0.15) is 36.2 Å². The van der Waals surface area contributed by atoms with Gasteiger partial charge in [-0.2, -0.15) is 0 Å². The molecule has 0 aliphatic carbocycles. The lowest BCUT2D eigenvalue weighted by Crippen LogP contribution is -2.14. The first-order valence-corrected chi connectivity index (χ1v) is 5.72. The smallest absolute Gasteiger partial charge is 0.269 e. The lowest BCUT2D eigenvalue weighted by molar-refractivity contribution is 0.0994. The average molecular weight is 238 g/mol. The van der Waals surface area contributed by atoms with E-state index < -0.39 is 5.91 Å². The lowest BCUT2D eigenvalue weighted by Gasteiger charge is -2.04. The number of carbonyl (C=O) groups is 1. The predicted octanol–water partition coefficient (Wildman–Crippen LogP) is 0.540. The molecule has 6 nitrogen and oxygen atoms in total. The quantitative estimate of drug-likeness (QED) is 0.574. The van der Waals surface area contributed by atoms with E-state index in [1.165, 1.54) is 0 Å². The molecular formula is C11H18N4O2. The van der Waals surface area contributed by atoms with Crippen molar-refractivity contribution in [2.24, 2.45) is 5.73 Å². The van der Waals surface area contributed by atoms with Crippen molar-refractivity contribution in [2.75, 3.05) is 18.5 Å². The van der Waals surface area contributed by atoms with E-state index in [1.54, 1.807) is 12.1 Å². The second-order valence-corrected chi connectivity index (χ2v) is 3.73. The van der Waals surface area contributed by atoms with Crippen LogP contribution in [-0.4, -0.2) is 34.4 Å². The summed E-state index contributed by atoms with van der Waals surface area (Å²) >= 11 is 0. The van der Waals surface area contributed by atoms with Crippen LogP contribution in [0, 0.1) is 0 Å². The van der Waals surface area contributed by atoms with Gasteiger partial charge in [0.2, 0.25) is 0 Å². The number of aliphatic hydroxyl groups is 1.